The van der Waals surface area contributed by atoms with Gasteiger partial charge in [0.1, 0.15) is 0 Å². The summed E-state index contributed by atoms with van der Waals surface area (Å²) >= 11 is 0. The van der Waals surface area contributed by atoms with Gasteiger partial charge in [0.2, 0.25) is 0 Å². The van der Waals surface area contributed by atoms with E-state index in [1.807, 2.05) is 0 Å². The summed E-state index contributed by atoms with van der Waals surface area (Å²) in [7, 11) is 2.18. The molecule has 0 amide bonds. The quantitative estimate of drug-likeness (QED) is 0.642. The summed E-state index contributed by atoms with van der Waals surface area (Å²) < 4.78 is 0. The number of hydrogen-bond donors (Lipinski definition) is 1. The lowest BCUT2D eigenvalue weighted by Gasteiger charge is -2.36. The Morgan fingerprint density at radius 3 is 2.09 bits per heavy atom. The Morgan fingerprint density at radius 2 is 1.43 bits per heavy atom. The van der Waals surface area contributed by atoms with Gasteiger partial charge in [-0.05, 0) is 68.2 Å². The van der Waals surface area contributed by atoms with E-state index < -0.39 is 0 Å². The molecule has 136 valence electrons. The van der Waals surface area contributed by atoms with Crippen LogP contribution < -0.4 is 5.32 Å². The summed E-state index contributed by atoms with van der Waals surface area (Å²) in [5, 5.41) is 3.64. The molecule has 0 radical (unpaired) electrons. The van der Waals surface area contributed by atoms with Crippen LogP contribution in [-0.4, -0.2) is 13.1 Å². The van der Waals surface area contributed by atoms with Crippen LogP contribution in [0.1, 0.15) is 91.9 Å². The summed E-state index contributed by atoms with van der Waals surface area (Å²) in [5.74, 6) is 5.72. The fourth-order valence-corrected chi connectivity index (χ4v) is 5.83. The van der Waals surface area contributed by atoms with E-state index in [0.29, 0.717) is 0 Å². The minimum atomic E-state index is 0.754. The molecule has 0 aromatic heterocycles. The standard InChI is InChI=1S/C22H43N/c1-6-21-18(4)14-19(9-7-8-10-22(21)23-5)15-20-12-11-16(2)17(3)13-20/h16-23H,6-15H2,1-5H3. The SMILES string of the molecule is CCC1C(C)CC(CC2CCC(C)C(C)C2)CCCCC1NC. The molecule has 1 nitrogen and oxygen atoms in total. The molecule has 0 bridgehead atoms. The van der Waals surface area contributed by atoms with Gasteiger partial charge >= 0.3 is 0 Å². The van der Waals surface area contributed by atoms with Crippen molar-refractivity contribution in [2.75, 3.05) is 7.05 Å². The van der Waals surface area contributed by atoms with Crippen molar-refractivity contribution in [1.82, 2.24) is 5.32 Å². The Bertz CT molecular complexity index is 326. The summed E-state index contributed by atoms with van der Waals surface area (Å²) in [6, 6.07) is 0.754. The molecule has 0 aromatic carbocycles. The molecule has 23 heavy (non-hydrogen) atoms. The maximum absolute atomic E-state index is 3.64. The molecule has 0 aliphatic heterocycles. The second kappa shape index (κ2) is 9.44. The lowest BCUT2D eigenvalue weighted by Crippen LogP contribution is -2.37. The van der Waals surface area contributed by atoms with Gasteiger partial charge in [-0.15, -0.1) is 0 Å². The van der Waals surface area contributed by atoms with Crippen molar-refractivity contribution < 1.29 is 0 Å². The van der Waals surface area contributed by atoms with E-state index in [2.05, 4.69) is 40.1 Å². The van der Waals surface area contributed by atoms with Crippen molar-refractivity contribution in [2.45, 2.75) is 97.9 Å². The number of hydrogen-bond acceptors (Lipinski definition) is 1. The molecule has 7 atom stereocenters. The van der Waals surface area contributed by atoms with E-state index in [9.17, 15) is 0 Å². The highest BCUT2D eigenvalue weighted by Crippen LogP contribution is 2.40. The molecule has 2 rings (SSSR count). The van der Waals surface area contributed by atoms with Crippen LogP contribution in [0.5, 0.6) is 0 Å². The van der Waals surface area contributed by atoms with Crippen LogP contribution in [0.3, 0.4) is 0 Å². The van der Waals surface area contributed by atoms with E-state index in [4.69, 9.17) is 0 Å². The molecular formula is C22H43N. The van der Waals surface area contributed by atoms with Gasteiger partial charge in [-0.1, -0.05) is 66.2 Å². The average molecular weight is 322 g/mol. The Hall–Kier alpha value is -0.0400. The summed E-state index contributed by atoms with van der Waals surface area (Å²) in [4.78, 5) is 0. The lowest BCUT2D eigenvalue weighted by atomic mass is 9.71. The molecule has 1 N–H and O–H groups in total. The third-order valence-corrected chi connectivity index (χ3v) is 7.55. The molecule has 2 saturated carbocycles. The van der Waals surface area contributed by atoms with Gasteiger partial charge in [0, 0.05) is 6.04 Å². The third kappa shape index (κ3) is 5.48. The van der Waals surface area contributed by atoms with Crippen LogP contribution in [0.4, 0.5) is 0 Å². The van der Waals surface area contributed by atoms with E-state index in [1.54, 1.807) is 0 Å². The fourth-order valence-electron chi connectivity index (χ4n) is 5.83. The van der Waals surface area contributed by atoms with E-state index >= 15 is 0 Å². The van der Waals surface area contributed by atoms with Crippen molar-refractivity contribution in [3.63, 3.8) is 0 Å². The average Bonchev–Trinajstić information content (AvgIpc) is 2.59. The van der Waals surface area contributed by atoms with Gasteiger partial charge < -0.3 is 5.32 Å². The highest BCUT2D eigenvalue weighted by atomic mass is 14.9. The van der Waals surface area contributed by atoms with E-state index in [0.717, 1.165) is 41.5 Å². The van der Waals surface area contributed by atoms with Crippen molar-refractivity contribution in [1.29, 1.82) is 0 Å². The van der Waals surface area contributed by atoms with Crippen LogP contribution >= 0.6 is 0 Å². The molecule has 2 aliphatic carbocycles. The van der Waals surface area contributed by atoms with Crippen LogP contribution in [0.15, 0.2) is 0 Å². The van der Waals surface area contributed by atoms with Crippen LogP contribution in [0.25, 0.3) is 0 Å². The Balaban J connectivity index is 1.93. The number of rotatable bonds is 4. The largest absolute Gasteiger partial charge is 0.317 e. The van der Waals surface area contributed by atoms with Crippen molar-refractivity contribution in [3.05, 3.63) is 0 Å². The normalized spacial score (nSPS) is 43.4. The molecular weight excluding hydrogens is 278 g/mol. The Morgan fingerprint density at radius 1 is 0.783 bits per heavy atom. The van der Waals surface area contributed by atoms with Crippen molar-refractivity contribution in [3.8, 4) is 0 Å². The monoisotopic (exact) mass is 321 g/mol. The lowest BCUT2D eigenvalue weighted by molar-refractivity contribution is 0.160. The van der Waals surface area contributed by atoms with Gasteiger partial charge in [0.25, 0.3) is 0 Å². The minimum absolute atomic E-state index is 0.754. The maximum Gasteiger partial charge on any atom is 0.00947 e. The van der Waals surface area contributed by atoms with Crippen molar-refractivity contribution >= 4 is 0 Å². The second-order valence-electron chi connectivity index (χ2n) is 9.20. The van der Waals surface area contributed by atoms with Gasteiger partial charge in [0.15, 0.2) is 0 Å². The van der Waals surface area contributed by atoms with Crippen LogP contribution in [0.2, 0.25) is 0 Å². The summed E-state index contributed by atoms with van der Waals surface area (Å²) in [5.41, 5.74) is 0. The molecule has 0 saturated heterocycles. The van der Waals surface area contributed by atoms with Crippen molar-refractivity contribution in [2.24, 2.45) is 35.5 Å². The first-order chi connectivity index (χ1) is 11.0. The highest BCUT2D eigenvalue weighted by Gasteiger charge is 2.30. The van der Waals surface area contributed by atoms with E-state index in [-0.39, 0.29) is 0 Å². The van der Waals surface area contributed by atoms with Gasteiger partial charge in [0.05, 0.1) is 0 Å². The second-order valence-corrected chi connectivity index (χ2v) is 9.20. The summed E-state index contributed by atoms with van der Waals surface area (Å²) in [6.45, 7) is 9.91. The topological polar surface area (TPSA) is 12.0 Å². The van der Waals surface area contributed by atoms with E-state index in [1.165, 1.54) is 64.2 Å². The predicted octanol–water partition coefficient (Wildman–Crippen LogP) is 6.28. The molecule has 0 spiro atoms. The molecule has 1 heteroatoms. The third-order valence-electron chi connectivity index (χ3n) is 7.55. The Labute approximate surface area is 146 Å². The smallest absolute Gasteiger partial charge is 0.00947 e. The predicted molar refractivity (Wildman–Crippen MR) is 103 cm³/mol. The molecule has 0 aromatic rings. The first-order valence-electron chi connectivity index (χ1n) is 10.7. The first-order valence-corrected chi connectivity index (χ1v) is 10.7. The van der Waals surface area contributed by atoms with Gasteiger partial charge in [-0.3, -0.25) is 0 Å². The summed E-state index contributed by atoms with van der Waals surface area (Å²) in [6.07, 6.45) is 14.6. The molecule has 2 fully saturated rings. The van der Waals surface area contributed by atoms with Gasteiger partial charge in [-0.25, -0.2) is 0 Å². The van der Waals surface area contributed by atoms with Crippen LogP contribution in [0, 0.1) is 35.5 Å². The fraction of sp³-hybridized carbons (Fsp3) is 1.00. The van der Waals surface area contributed by atoms with Crippen LogP contribution in [-0.2, 0) is 0 Å². The molecule has 0 heterocycles. The highest BCUT2D eigenvalue weighted by molar-refractivity contribution is 4.84. The zero-order chi connectivity index (χ0) is 16.8. The molecule has 2 aliphatic rings. The number of nitrogens with one attached hydrogen (secondary N) is 1. The Kier molecular flexibility index (Phi) is 7.92. The zero-order valence-electron chi connectivity index (χ0n) is 16.6. The first kappa shape index (κ1) is 19.3. The molecule has 7 unspecified atom stereocenters. The maximum atomic E-state index is 3.64. The minimum Gasteiger partial charge on any atom is -0.317 e. The zero-order valence-corrected chi connectivity index (χ0v) is 16.6. The van der Waals surface area contributed by atoms with Gasteiger partial charge in [-0.2, -0.15) is 0 Å².